The number of nitrogens with zero attached hydrogens (tertiary/aromatic N) is 2. The highest BCUT2D eigenvalue weighted by atomic mass is 16.5. The summed E-state index contributed by atoms with van der Waals surface area (Å²) in [6.07, 6.45) is 3.33. The Labute approximate surface area is 184 Å². The van der Waals surface area contributed by atoms with Gasteiger partial charge in [0.05, 0.1) is 19.7 Å². The Balaban J connectivity index is 1.74. The van der Waals surface area contributed by atoms with Crippen molar-refractivity contribution in [1.29, 1.82) is 5.26 Å². The zero-order chi connectivity index (χ0) is 23.3. The van der Waals surface area contributed by atoms with E-state index in [9.17, 15) is 19.6 Å². The van der Waals surface area contributed by atoms with Crippen LogP contribution in [0.15, 0.2) is 41.5 Å². The Bertz CT molecular complexity index is 1200. The number of carbonyl (C=O) groups is 2. The van der Waals surface area contributed by atoms with Crippen molar-refractivity contribution in [2.45, 2.75) is 38.9 Å². The van der Waals surface area contributed by atoms with Gasteiger partial charge in [-0.3, -0.25) is 14.2 Å². The van der Waals surface area contributed by atoms with Gasteiger partial charge in [-0.1, -0.05) is 19.9 Å². The van der Waals surface area contributed by atoms with E-state index in [1.807, 2.05) is 32.0 Å². The van der Waals surface area contributed by atoms with E-state index in [1.54, 1.807) is 19.2 Å². The van der Waals surface area contributed by atoms with Gasteiger partial charge in [0.15, 0.2) is 0 Å². The second-order valence-corrected chi connectivity index (χ2v) is 7.87. The summed E-state index contributed by atoms with van der Waals surface area (Å²) >= 11 is 0. The number of carbonyl (C=O) groups excluding carboxylic acids is 2. The maximum absolute atomic E-state index is 12.9. The number of hydrogen-bond acceptors (Lipinski definition) is 5. The van der Waals surface area contributed by atoms with Gasteiger partial charge < -0.3 is 25.3 Å². The molecule has 10 heteroatoms. The molecule has 0 aliphatic heterocycles. The van der Waals surface area contributed by atoms with Gasteiger partial charge in [-0.25, -0.2) is 4.79 Å². The van der Waals surface area contributed by atoms with E-state index in [4.69, 9.17) is 4.74 Å². The molecule has 4 N–H and O–H groups in total. The Kier molecular flexibility index (Phi) is 7.00. The zero-order valence-corrected chi connectivity index (χ0v) is 18.1. The Hall–Kier alpha value is -4.00. The third-order valence-corrected chi connectivity index (χ3v) is 4.99. The Morgan fingerprint density at radius 3 is 2.69 bits per heavy atom. The molecule has 32 heavy (non-hydrogen) atoms. The van der Waals surface area contributed by atoms with Crippen LogP contribution in [-0.4, -0.2) is 45.5 Å². The third-order valence-electron chi connectivity index (χ3n) is 4.99. The van der Waals surface area contributed by atoms with E-state index in [-0.39, 0.29) is 18.2 Å². The zero-order valence-electron chi connectivity index (χ0n) is 18.1. The van der Waals surface area contributed by atoms with Crippen molar-refractivity contribution >= 4 is 22.7 Å². The first-order valence-corrected chi connectivity index (χ1v) is 10.2. The number of aromatic amines is 2. The van der Waals surface area contributed by atoms with Crippen molar-refractivity contribution in [2.75, 3.05) is 7.11 Å². The monoisotopic (exact) mass is 438 g/mol. The fourth-order valence-electron chi connectivity index (χ4n) is 3.45. The summed E-state index contributed by atoms with van der Waals surface area (Å²) in [6.45, 7) is 3.86. The summed E-state index contributed by atoms with van der Waals surface area (Å²) < 4.78 is 6.62. The summed E-state index contributed by atoms with van der Waals surface area (Å²) in [5.74, 6) is -0.192. The van der Waals surface area contributed by atoms with Crippen LogP contribution in [-0.2, 0) is 11.3 Å². The van der Waals surface area contributed by atoms with Crippen LogP contribution < -0.4 is 21.1 Å². The molecule has 2 unspecified atom stereocenters. The van der Waals surface area contributed by atoms with E-state index in [0.717, 1.165) is 10.9 Å². The molecule has 0 radical (unpaired) electrons. The average molecular weight is 438 g/mol. The van der Waals surface area contributed by atoms with Crippen LogP contribution >= 0.6 is 0 Å². The first kappa shape index (κ1) is 22.7. The highest BCUT2D eigenvalue weighted by Gasteiger charge is 2.26. The lowest BCUT2D eigenvalue weighted by Crippen LogP contribution is -2.51. The molecule has 0 saturated heterocycles. The molecule has 0 bridgehead atoms. The number of ether oxygens (including phenoxy) is 1. The van der Waals surface area contributed by atoms with Crippen LogP contribution in [0.4, 0.5) is 0 Å². The summed E-state index contributed by atoms with van der Waals surface area (Å²) in [5, 5.41) is 15.6. The fraction of sp³-hybridized carbons (Fsp3) is 0.364. The van der Waals surface area contributed by atoms with E-state index < -0.39 is 23.9 Å². The van der Waals surface area contributed by atoms with Crippen molar-refractivity contribution in [3.05, 3.63) is 52.8 Å². The highest BCUT2D eigenvalue weighted by Crippen LogP contribution is 2.26. The molecule has 0 spiro atoms. The molecule has 168 valence electrons. The molecule has 10 nitrogen and oxygen atoms in total. The van der Waals surface area contributed by atoms with Crippen LogP contribution in [0.25, 0.3) is 10.9 Å². The molecular weight excluding hydrogens is 412 g/mol. The van der Waals surface area contributed by atoms with E-state index >= 15 is 0 Å². The topological polar surface area (TPSA) is 145 Å². The molecule has 2 amide bonds. The number of nitrogens with one attached hydrogen (secondary N) is 4. The van der Waals surface area contributed by atoms with Crippen molar-refractivity contribution in [3.8, 4) is 11.8 Å². The molecule has 2 aromatic heterocycles. The lowest BCUT2D eigenvalue weighted by molar-refractivity contribution is -0.123. The van der Waals surface area contributed by atoms with Crippen LogP contribution in [0.3, 0.4) is 0 Å². The largest absolute Gasteiger partial charge is 0.496 e. The molecule has 0 aliphatic rings. The minimum Gasteiger partial charge on any atom is -0.496 e. The van der Waals surface area contributed by atoms with Crippen molar-refractivity contribution in [1.82, 2.24) is 25.2 Å². The second-order valence-electron chi connectivity index (χ2n) is 7.87. The number of nitriles is 1. The SMILES string of the molecule is COc1cccc2[nH]c(C(=O)NC(CC(C)C)C(=O)NC(C#N)Cn3cc[nH]c3=O)cc12. The summed E-state index contributed by atoms with van der Waals surface area (Å²) in [4.78, 5) is 43.0. The minimum atomic E-state index is -0.931. The Morgan fingerprint density at radius 2 is 2.06 bits per heavy atom. The second kappa shape index (κ2) is 9.87. The van der Waals surface area contributed by atoms with Gasteiger partial charge in [0.25, 0.3) is 5.91 Å². The first-order chi connectivity index (χ1) is 15.3. The van der Waals surface area contributed by atoms with Crippen molar-refractivity contribution < 1.29 is 14.3 Å². The van der Waals surface area contributed by atoms with Crippen LogP contribution in [0, 0.1) is 17.2 Å². The van der Waals surface area contributed by atoms with Gasteiger partial charge >= 0.3 is 5.69 Å². The van der Waals surface area contributed by atoms with Gasteiger partial charge in [-0.05, 0) is 30.5 Å². The Morgan fingerprint density at radius 1 is 1.28 bits per heavy atom. The number of benzene rings is 1. The molecule has 0 saturated carbocycles. The summed E-state index contributed by atoms with van der Waals surface area (Å²) in [7, 11) is 1.55. The smallest absolute Gasteiger partial charge is 0.325 e. The molecule has 0 fully saturated rings. The van der Waals surface area contributed by atoms with Gasteiger partial charge in [0.1, 0.15) is 23.5 Å². The van der Waals surface area contributed by atoms with E-state index in [2.05, 4.69) is 20.6 Å². The first-order valence-electron chi connectivity index (χ1n) is 10.2. The van der Waals surface area contributed by atoms with E-state index in [0.29, 0.717) is 17.9 Å². The predicted molar refractivity (Wildman–Crippen MR) is 118 cm³/mol. The lowest BCUT2D eigenvalue weighted by atomic mass is 10.0. The molecule has 2 heterocycles. The number of fused-ring (bicyclic) bond motifs is 1. The van der Waals surface area contributed by atoms with Gasteiger partial charge in [0.2, 0.25) is 5.91 Å². The fourth-order valence-corrected chi connectivity index (χ4v) is 3.45. The van der Waals surface area contributed by atoms with E-state index in [1.165, 1.54) is 17.0 Å². The van der Waals surface area contributed by atoms with Crippen LogP contribution in [0.1, 0.15) is 30.8 Å². The number of aromatic nitrogens is 3. The van der Waals surface area contributed by atoms with Gasteiger partial charge in [0, 0.05) is 23.3 Å². The lowest BCUT2D eigenvalue weighted by Gasteiger charge is -2.21. The number of methoxy groups -OCH3 is 1. The third kappa shape index (κ3) is 5.18. The standard InChI is InChI=1S/C22H26N6O4/c1-13(2)9-17(20(29)25-14(11-23)12-28-8-7-24-22(28)31)27-21(30)18-10-15-16(26-18)5-4-6-19(15)32-3/h4-8,10,13-14,17,26H,9,12H2,1-3H3,(H,24,31)(H,25,29)(H,27,30). The summed E-state index contributed by atoms with van der Waals surface area (Å²) in [6, 6.07) is 7.31. The molecule has 2 atom stereocenters. The minimum absolute atomic E-state index is 0.00523. The quantitative estimate of drug-likeness (QED) is 0.400. The number of rotatable bonds is 9. The normalized spacial score (nSPS) is 12.8. The number of hydrogen-bond donors (Lipinski definition) is 4. The van der Waals surface area contributed by atoms with Gasteiger partial charge in [-0.15, -0.1) is 0 Å². The number of H-pyrrole nitrogens is 2. The van der Waals surface area contributed by atoms with Crippen LogP contribution in [0.5, 0.6) is 5.75 Å². The van der Waals surface area contributed by atoms with Crippen LogP contribution in [0.2, 0.25) is 0 Å². The van der Waals surface area contributed by atoms with Gasteiger partial charge in [-0.2, -0.15) is 5.26 Å². The molecule has 0 aliphatic carbocycles. The highest BCUT2D eigenvalue weighted by molar-refractivity contribution is 6.01. The number of amides is 2. The maximum Gasteiger partial charge on any atom is 0.325 e. The molecule has 3 rings (SSSR count). The number of imidazole rings is 1. The van der Waals surface area contributed by atoms with Crippen molar-refractivity contribution in [2.24, 2.45) is 5.92 Å². The summed E-state index contributed by atoms with van der Waals surface area (Å²) in [5.41, 5.74) is 0.656. The average Bonchev–Trinajstić information content (AvgIpc) is 3.38. The molecule has 3 aromatic rings. The van der Waals surface area contributed by atoms with Crippen molar-refractivity contribution in [3.63, 3.8) is 0 Å². The maximum atomic E-state index is 12.9. The molecule has 1 aromatic carbocycles. The molecular formula is C22H26N6O4. The predicted octanol–water partition coefficient (Wildman–Crippen LogP) is 1.52.